The van der Waals surface area contributed by atoms with Gasteiger partial charge in [-0.15, -0.1) is 0 Å². The van der Waals surface area contributed by atoms with E-state index in [4.69, 9.17) is 5.73 Å². The molecule has 0 spiro atoms. The third-order valence-corrected chi connectivity index (χ3v) is 4.01. The summed E-state index contributed by atoms with van der Waals surface area (Å²) in [5, 5.41) is 0. The van der Waals surface area contributed by atoms with E-state index in [2.05, 4.69) is 4.98 Å². The number of benzene rings is 1. The van der Waals surface area contributed by atoms with Gasteiger partial charge in [0.1, 0.15) is 23.1 Å². The number of aromatic nitrogens is 1. The van der Waals surface area contributed by atoms with Crippen molar-refractivity contribution in [1.82, 2.24) is 9.88 Å². The van der Waals surface area contributed by atoms with Crippen molar-refractivity contribution in [3.05, 3.63) is 59.3 Å². The highest BCUT2D eigenvalue weighted by Crippen LogP contribution is 2.23. The van der Waals surface area contributed by atoms with Crippen molar-refractivity contribution < 1.29 is 13.6 Å². The normalized spacial score (nSPS) is 17.5. The van der Waals surface area contributed by atoms with E-state index in [1.165, 1.54) is 12.1 Å². The van der Waals surface area contributed by atoms with Crippen molar-refractivity contribution in [2.75, 3.05) is 18.8 Å². The van der Waals surface area contributed by atoms with E-state index in [1.54, 1.807) is 23.1 Å². The number of hydrogen-bond acceptors (Lipinski definition) is 3. The quantitative estimate of drug-likeness (QED) is 0.947. The van der Waals surface area contributed by atoms with Crippen molar-refractivity contribution in [1.29, 1.82) is 0 Å². The molecule has 1 aromatic carbocycles. The summed E-state index contributed by atoms with van der Waals surface area (Å²) in [7, 11) is 0. The fourth-order valence-corrected chi connectivity index (χ4v) is 2.98. The third kappa shape index (κ3) is 3.64. The number of nitrogen functional groups attached to an aromatic ring is 1. The Balaban J connectivity index is 1.65. The Kier molecular flexibility index (Phi) is 4.23. The standard InChI is InChI=1S/C17H17F2N3O/c18-13-7-12(8-14(19)9-13)6-11-4-5-22(10-11)17(23)15-2-1-3-16(20)21-15/h1-3,7-9,11H,4-6,10H2,(H2,20,21). The lowest BCUT2D eigenvalue weighted by molar-refractivity contribution is 0.0781. The molecule has 1 atom stereocenters. The Morgan fingerprint density at radius 1 is 1.26 bits per heavy atom. The van der Waals surface area contributed by atoms with Crippen LogP contribution in [-0.2, 0) is 6.42 Å². The summed E-state index contributed by atoms with van der Waals surface area (Å²) in [5.41, 5.74) is 6.54. The summed E-state index contributed by atoms with van der Waals surface area (Å²) >= 11 is 0. The van der Waals surface area contributed by atoms with E-state index >= 15 is 0 Å². The van der Waals surface area contributed by atoms with Gasteiger partial charge >= 0.3 is 0 Å². The van der Waals surface area contributed by atoms with Gasteiger partial charge in [0.15, 0.2) is 0 Å². The molecule has 1 aromatic heterocycles. The molecule has 2 heterocycles. The first-order valence-electron chi connectivity index (χ1n) is 7.48. The molecule has 23 heavy (non-hydrogen) atoms. The van der Waals surface area contributed by atoms with E-state index in [1.807, 2.05) is 0 Å². The van der Waals surface area contributed by atoms with Crippen molar-refractivity contribution in [3.8, 4) is 0 Å². The lowest BCUT2D eigenvalue weighted by atomic mass is 9.98. The molecule has 1 saturated heterocycles. The molecule has 4 nitrogen and oxygen atoms in total. The molecule has 1 aliphatic heterocycles. The zero-order valence-electron chi connectivity index (χ0n) is 12.5. The van der Waals surface area contributed by atoms with Crippen LogP contribution in [0.5, 0.6) is 0 Å². The van der Waals surface area contributed by atoms with Gasteiger partial charge < -0.3 is 10.6 Å². The van der Waals surface area contributed by atoms with Gasteiger partial charge in [-0.3, -0.25) is 4.79 Å². The Hall–Kier alpha value is -2.50. The summed E-state index contributed by atoms with van der Waals surface area (Å²) in [5.74, 6) is -0.821. The van der Waals surface area contributed by atoms with Gasteiger partial charge in [0.25, 0.3) is 5.91 Å². The number of pyridine rings is 1. The minimum Gasteiger partial charge on any atom is -0.384 e. The highest BCUT2D eigenvalue weighted by atomic mass is 19.1. The Bertz CT molecular complexity index is 715. The molecule has 2 N–H and O–H groups in total. The third-order valence-electron chi connectivity index (χ3n) is 4.01. The van der Waals surface area contributed by atoms with Crippen molar-refractivity contribution in [3.63, 3.8) is 0 Å². The number of nitrogens with two attached hydrogens (primary N) is 1. The predicted molar refractivity (Wildman–Crippen MR) is 82.7 cm³/mol. The van der Waals surface area contributed by atoms with Crippen molar-refractivity contribution >= 4 is 11.7 Å². The molecule has 0 aliphatic carbocycles. The van der Waals surface area contributed by atoms with Crippen LogP contribution in [0.2, 0.25) is 0 Å². The van der Waals surface area contributed by atoms with Gasteiger partial charge in [-0.1, -0.05) is 6.07 Å². The number of likely N-dealkylation sites (tertiary alicyclic amines) is 1. The molecular weight excluding hydrogens is 300 g/mol. The van der Waals surface area contributed by atoms with E-state index in [0.717, 1.165) is 12.5 Å². The molecule has 1 amide bonds. The number of hydrogen-bond donors (Lipinski definition) is 1. The number of carbonyl (C=O) groups excluding carboxylic acids is 1. The molecule has 0 saturated carbocycles. The molecule has 1 aliphatic rings. The Morgan fingerprint density at radius 2 is 2.00 bits per heavy atom. The molecule has 0 bridgehead atoms. The van der Waals surface area contributed by atoms with Crippen molar-refractivity contribution in [2.24, 2.45) is 5.92 Å². The molecule has 0 radical (unpaired) electrons. The molecule has 2 aromatic rings. The summed E-state index contributed by atoms with van der Waals surface area (Å²) in [4.78, 5) is 18.1. The van der Waals surface area contributed by atoms with E-state index in [-0.39, 0.29) is 11.8 Å². The Morgan fingerprint density at radius 3 is 2.70 bits per heavy atom. The second kappa shape index (κ2) is 6.32. The van der Waals surface area contributed by atoms with Crippen LogP contribution in [0, 0.1) is 17.6 Å². The van der Waals surface area contributed by atoms with Crippen molar-refractivity contribution in [2.45, 2.75) is 12.8 Å². The van der Waals surface area contributed by atoms with E-state index in [9.17, 15) is 13.6 Å². The predicted octanol–water partition coefficient (Wildman–Crippen LogP) is 2.65. The van der Waals surface area contributed by atoms with Gasteiger partial charge in [-0.2, -0.15) is 0 Å². The van der Waals surface area contributed by atoms with Gasteiger partial charge in [-0.05, 0) is 48.6 Å². The number of carbonyl (C=O) groups is 1. The summed E-state index contributed by atoms with van der Waals surface area (Å²) in [6.07, 6.45) is 1.34. The minimum absolute atomic E-state index is 0.162. The van der Waals surface area contributed by atoms with Crippen LogP contribution in [0.15, 0.2) is 36.4 Å². The largest absolute Gasteiger partial charge is 0.384 e. The van der Waals surface area contributed by atoms with Gasteiger partial charge in [0, 0.05) is 19.2 Å². The zero-order chi connectivity index (χ0) is 16.4. The number of amides is 1. The first-order chi connectivity index (χ1) is 11.0. The van der Waals surface area contributed by atoms with Gasteiger partial charge in [-0.25, -0.2) is 13.8 Å². The monoisotopic (exact) mass is 317 g/mol. The van der Waals surface area contributed by atoms with E-state index < -0.39 is 11.6 Å². The molecule has 3 rings (SSSR count). The molecule has 1 unspecified atom stereocenters. The maximum atomic E-state index is 13.2. The number of nitrogens with zero attached hydrogens (tertiary/aromatic N) is 2. The van der Waals surface area contributed by atoms with Crippen LogP contribution < -0.4 is 5.73 Å². The maximum Gasteiger partial charge on any atom is 0.272 e. The van der Waals surface area contributed by atoms with Crippen LogP contribution in [0.4, 0.5) is 14.6 Å². The van der Waals surface area contributed by atoms with Crippen LogP contribution in [-0.4, -0.2) is 28.9 Å². The minimum atomic E-state index is -0.574. The number of halogens is 2. The lowest BCUT2D eigenvalue weighted by Gasteiger charge is -2.16. The second-order valence-corrected chi connectivity index (χ2v) is 5.84. The van der Waals surface area contributed by atoms with Crippen LogP contribution >= 0.6 is 0 Å². The fraction of sp³-hybridized carbons (Fsp3) is 0.294. The summed E-state index contributed by atoms with van der Waals surface area (Å²) in [6, 6.07) is 8.49. The molecule has 1 fully saturated rings. The second-order valence-electron chi connectivity index (χ2n) is 5.84. The average molecular weight is 317 g/mol. The van der Waals surface area contributed by atoms with Crippen LogP contribution in [0.25, 0.3) is 0 Å². The summed E-state index contributed by atoms with van der Waals surface area (Å²) in [6.45, 7) is 1.16. The Labute approximate surface area is 132 Å². The van der Waals surface area contributed by atoms with Gasteiger partial charge in [0.05, 0.1) is 0 Å². The summed E-state index contributed by atoms with van der Waals surface area (Å²) < 4.78 is 26.5. The average Bonchev–Trinajstić information content (AvgIpc) is 2.94. The topological polar surface area (TPSA) is 59.2 Å². The first-order valence-corrected chi connectivity index (χ1v) is 7.48. The molecule has 120 valence electrons. The number of rotatable bonds is 3. The highest BCUT2D eigenvalue weighted by molar-refractivity contribution is 5.92. The SMILES string of the molecule is Nc1cccc(C(=O)N2CCC(Cc3cc(F)cc(F)c3)C2)n1. The highest BCUT2D eigenvalue weighted by Gasteiger charge is 2.27. The zero-order valence-corrected chi connectivity index (χ0v) is 12.5. The van der Waals surface area contributed by atoms with E-state index in [0.29, 0.717) is 36.6 Å². The first kappa shape index (κ1) is 15.4. The lowest BCUT2D eigenvalue weighted by Crippen LogP contribution is -2.29. The van der Waals surface area contributed by atoms with Crippen LogP contribution in [0.1, 0.15) is 22.5 Å². The van der Waals surface area contributed by atoms with Crippen LogP contribution in [0.3, 0.4) is 0 Å². The fourth-order valence-electron chi connectivity index (χ4n) is 2.98. The number of anilines is 1. The molecular formula is C17H17F2N3O. The maximum absolute atomic E-state index is 13.2. The smallest absolute Gasteiger partial charge is 0.272 e. The molecule has 6 heteroatoms. The van der Waals surface area contributed by atoms with Gasteiger partial charge in [0.2, 0.25) is 0 Å².